The van der Waals surface area contributed by atoms with E-state index in [0.29, 0.717) is 5.82 Å². The summed E-state index contributed by atoms with van der Waals surface area (Å²) in [5.41, 5.74) is 8.05. The average molecular weight is 221 g/mol. The zero-order chi connectivity index (χ0) is 12.7. The number of nitrogens with zero attached hydrogens (tertiary/aromatic N) is 2. The van der Waals surface area contributed by atoms with Gasteiger partial charge in [-0.2, -0.15) is 0 Å². The molecular weight excluding hydrogens is 198 g/mol. The summed E-state index contributed by atoms with van der Waals surface area (Å²) in [6.07, 6.45) is 1.73. The summed E-state index contributed by atoms with van der Waals surface area (Å²) < 4.78 is 2.10. The summed E-state index contributed by atoms with van der Waals surface area (Å²) in [6.45, 7) is 10.1. The molecule has 0 spiro atoms. The van der Waals surface area contributed by atoms with E-state index in [4.69, 9.17) is 5.73 Å². The first-order valence-corrected chi connectivity index (χ1v) is 5.86. The van der Waals surface area contributed by atoms with Gasteiger partial charge in [0.15, 0.2) is 0 Å². The van der Waals surface area contributed by atoms with E-state index < -0.39 is 0 Å². The van der Waals surface area contributed by atoms with Gasteiger partial charge in [-0.15, -0.1) is 0 Å². The molecule has 0 unspecified atom stereocenters. The van der Waals surface area contributed by atoms with Crippen LogP contribution in [0.4, 0.5) is 5.82 Å². The van der Waals surface area contributed by atoms with E-state index in [1.54, 1.807) is 6.20 Å². The van der Waals surface area contributed by atoms with Crippen molar-refractivity contribution in [1.29, 1.82) is 0 Å². The Labute approximate surface area is 98.3 Å². The maximum Gasteiger partial charge on any atom is 0.132 e. The van der Waals surface area contributed by atoms with Gasteiger partial charge in [0.2, 0.25) is 0 Å². The molecule has 0 bridgehead atoms. The molecular formula is C13H23N3. The van der Waals surface area contributed by atoms with Crippen LogP contribution in [0.25, 0.3) is 10.9 Å². The Bertz CT molecular complexity index is 430. The first-order valence-electron chi connectivity index (χ1n) is 5.86. The van der Waals surface area contributed by atoms with E-state index >= 15 is 0 Å². The van der Waals surface area contributed by atoms with Crippen LogP contribution in [0.5, 0.6) is 0 Å². The van der Waals surface area contributed by atoms with Gasteiger partial charge in [-0.25, -0.2) is 4.98 Å². The maximum atomic E-state index is 5.71. The van der Waals surface area contributed by atoms with Gasteiger partial charge >= 0.3 is 0 Å². The lowest BCUT2D eigenvalue weighted by Crippen LogP contribution is -1.92. The fourth-order valence-electron chi connectivity index (χ4n) is 1.41. The zero-order valence-corrected chi connectivity index (χ0v) is 11.2. The molecule has 2 N–H and O–H groups in total. The third-order valence-electron chi connectivity index (χ3n) is 2.24. The fraction of sp³-hybridized carbons (Fsp3) is 0.462. The SMILES string of the molecule is CC.CC.Cc1cc2c(N)nccc2n1C. The van der Waals surface area contributed by atoms with Crippen molar-refractivity contribution < 1.29 is 0 Å². The number of aromatic nitrogens is 2. The average Bonchev–Trinajstić information content (AvgIpc) is 2.63. The lowest BCUT2D eigenvalue weighted by atomic mass is 10.3. The van der Waals surface area contributed by atoms with Crippen molar-refractivity contribution >= 4 is 16.7 Å². The van der Waals surface area contributed by atoms with Crippen LogP contribution in [-0.2, 0) is 7.05 Å². The maximum absolute atomic E-state index is 5.71. The number of hydrogen-bond donors (Lipinski definition) is 1. The highest BCUT2D eigenvalue weighted by atomic mass is 15.0. The summed E-state index contributed by atoms with van der Waals surface area (Å²) in [7, 11) is 2.02. The van der Waals surface area contributed by atoms with E-state index in [1.807, 2.05) is 40.8 Å². The van der Waals surface area contributed by atoms with E-state index in [-0.39, 0.29) is 0 Å². The molecule has 0 aromatic carbocycles. The topological polar surface area (TPSA) is 43.8 Å². The van der Waals surface area contributed by atoms with Crippen LogP contribution >= 0.6 is 0 Å². The van der Waals surface area contributed by atoms with Gasteiger partial charge in [-0.05, 0) is 19.1 Å². The number of anilines is 1. The molecule has 0 saturated heterocycles. The lowest BCUT2D eigenvalue weighted by molar-refractivity contribution is 0.917. The molecule has 0 fully saturated rings. The second-order valence-corrected chi connectivity index (χ2v) is 2.97. The smallest absolute Gasteiger partial charge is 0.132 e. The second kappa shape index (κ2) is 6.88. The van der Waals surface area contributed by atoms with Crippen molar-refractivity contribution in [2.45, 2.75) is 34.6 Å². The zero-order valence-electron chi connectivity index (χ0n) is 11.2. The van der Waals surface area contributed by atoms with Crippen molar-refractivity contribution in [3.63, 3.8) is 0 Å². The van der Waals surface area contributed by atoms with E-state index in [2.05, 4.69) is 22.5 Å². The van der Waals surface area contributed by atoms with Crippen LogP contribution in [-0.4, -0.2) is 9.55 Å². The predicted molar refractivity (Wildman–Crippen MR) is 72.6 cm³/mol. The molecule has 0 aliphatic carbocycles. The van der Waals surface area contributed by atoms with Crippen LogP contribution in [0.2, 0.25) is 0 Å². The van der Waals surface area contributed by atoms with Crippen LogP contribution in [0.15, 0.2) is 18.3 Å². The summed E-state index contributed by atoms with van der Waals surface area (Å²) in [5, 5.41) is 1.04. The van der Waals surface area contributed by atoms with Gasteiger partial charge in [-0.1, -0.05) is 27.7 Å². The van der Waals surface area contributed by atoms with Crippen LogP contribution in [0.1, 0.15) is 33.4 Å². The molecule has 2 aromatic heterocycles. The third kappa shape index (κ3) is 2.75. The standard InChI is InChI=1S/C9H11N3.2C2H6/c1-6-5-7-8(12(6)2)3-4-11-9(7)10;2*1-2/h3-5H,1-2H3,(H2,10,11);2*1-2H3. The third-order valence-corrected chi connectivity index (χ3v) is 2.24. The van der Waals surface area contributed by atoms with Crippen molar-refractivity contribution in [3.8, 4) is 0 Å². The molecule has 0 aliphatic rings. The summed E-state index contributed by atoms with van der Waals surface area (Å²) in [5.74, 6) is 0.608. The number of aryl methyl sites for hydroxylation is 2. The Morgan fingerprint density at radius 3 is 2.25 bits per heavy atom. The van der Waals surface area contributed by atoms with Gasteiger partial charge < -0.3 is 10.3 Å². The molecule has 0 aliphatic heterocycles. The molecule has 16 heavy (non-hydrogen) atoms. The molecule has 2 aromatic rings. The molecule has 0 saturated carbocycles. The Morgan fingerprint density at radius 1 is 1.19 bits per heavy atom. The normalized spacial score (nSPS) is 8.88. The molecule has 0 atom stereocenters. The molecule has 0 radical (unpaired) electrons. The monoisotopic (exact) mass is 221 g/mol. The van der Waals surface area contributed by atoms with Gasteiger partial charge in [0, 0.05) is 24.3 Å². The first-order chi connectivity index (χ1) is 7.70. The lowest BCUT2D eigenvalue weighted by Gasteiger charge is -1.98. The molecule has 3 nitrogen and oxygen atoms in total. The van der Waals surface area contributed by atoms with E-state index in [9.17, 15) is 0 Å². The minimum absolute atomic E-state index is 0.608. The second-order valence-electron chi connectivity index (χ2n) is 2.97. The number of hydrogen-bond acceptors (Lipinski definition) is 2. The van der Waals surface area contributed by atoms with Crippen molar-refractivity contribution in [3.05, 3.63) is 24.0 Å². The predicted octanol–water partition coefficient (Wildman–Crippen LogP) is 3.52. The van der Waals surface area contributed by atoms with Crippen LogP contribution in [0, 0.1) is 6.92 Å². The Hall–Kier alpha value is -1.51. The minimum Gasteiger partial charge on any atom is -0.383 e. The molecule has 0 amide bonds. The van der Waals surface area contributed by atoms with Gasteiger partial charge in [0.25, 0.3) is 0 Å². The molecule has 3 heteroatoms. The van der Waals surface area contributed by atoms with Gasteiger partial charge in [0.05, 0.1) is 5.52 Å². The van der Waals surface area contributed by atoms with Crippen molar-refractivity contribution in [2.24, 2.45) is 7.05 Å². The quantitative estimate of drug-likeness (QED) is 0.739. The van der Waals surface area contributed by atoms with Crippen molar-refractivity contribution in [2.75, 3.05) is 5.73 Å². The minimum atomic E-state index is 0.608. The van der Waals surface area contributed by atoms with E-state index in [1.165, 1.54) is 5.69 Å². The molecule has 2 rings (SSSR count). The Morgan fingerprint density at radius 2 is 1.75 bits per heavy atom. The number of pyridine rings is 1. The number of nitrogen functional groups attached to an aromatic ring is 1. The summed E-state index contributed by atoms with van der Waals surface area (Å²) in [4.78, 5) is 4.03. The highest BCUT2D eigenvalue weighted by Gasteiger charge is 2.04. The number of rotatable bonds is 0. The highest BCUT2D eigenvalue weighted by molar-refractivity contribution is 5.89. The first kappa shape index (κ1) is 14.5. The Balaban J connectivity index is 0.000000509. The van der Waals surface area contributed by atoms with Crippen molar-refractivity contribution in [1.82, 2.24) is 9.55 Å². The van der Waals surface area contributed by atoms with E-state index in [0.717, 1.165) is 10.9 Å². The van der Waals surface area contributed by atoms with Crippen LogP contribution in [0.3, 0.4) is 0 Å². The molecule has 90 valence electrons. The fourth-order valence-corrected chi connectivity index (χ4v) is 1.41. The number of fused-ring (bicyclic) bond motifs is 1. The van der Waals surface area contributed by atoms with Crippen LogP contribution < -0.4 is 5.73 Å². The summed E-state index contributed by atoms with van der Waals surface area (Å²) in [6, 6.07) is 4.02. The Kier molecular flexibility index (Phi) is 6.23. The molecule has 2 heterocycles. The largest absolute Gasteiger partial charge is 0.383 e. The van der Waals surface area contributed by atoms with Gasteiger partial charge in [0.1, 0.15) is 5.82 Å². The summed E-state index contributed by atoms with van der Waals surface area (Å²) >= 11 is 0. The van der Waals surface area contributed by atoms with Gasteiger partial charge in [-0.3, -0.25) is 0 Å². The highest BCUT2D eigenvalue weighted by Crippen LogP contribution is 2.21. The number of nitrogens with two attached hydrogens (primary N) is 1.